The van der Waals surface area contributed by atoms with Crippen LogP contribution in [0.2, 0.25) is 5.02 Å². The minimum absolute atomic E-state index is 0.285. The molecule has 2 amide bonds. The Morgan fingerprint density at radius 3 is 2.23 bits per heavy atom. The van der Waals surface area contributed by atoms with Crippen molar-refractivity contribution in [3.63, 3.8) is 0 Å². The largest absolute Gasteiger partial charge is 0.321 e. The number of amides is 2. The van der Waals surface area contributed by atoms with Gasteiger partial charge in [0.15, 0.2) is 0 Å². The highest BCUT2D eigenvalue weighted by molar-refractivity contribution is 7.20. The first-order valence-corrected chi connectivity index (χ1v) is 12.3. The van der Waals surface area contributed by atoms with Crippen LogP contribution in [-0.2, 0) is 0 Å². The zero-order valence-corrected chi connectivity index (χ0v) is 20.4. The highest BCUT2D eigenvalue weighted by Crippen LogP contribution is 2.41. The third-order valence-corrected chi connectivity index (χ3v) is 7.38. The van der Waals surface area contributed by atoms with E-state index >= 15 is 0 Å². The molecule has 5 aromatic rings. The zero-order valence-electron chi connectivity index (χ0n) is 18.8. The second kappa shape index (κ2) is 9.74. The summed E-state index contributed by atoms with van der Waals surface area (Å²) in [6.45, 7) is 1.90. The molecule has 0 bridgehead atoms. The molecule has 0 saturated heterocycles. The standard InChI is InChI=1S/C29H21ClN2O2S/c1-18-25(28(34)31-24-17-9-13-19-10-5-6-14-21(19)24)29(35-26(18)20-11-3-2-4-12-20)32-27(33)22-15-7-8-16-23(22)30/h2-17H,1H3,(H,31,34)(H,32,33). The minimum atomic E-state index is -0.365. The van der Waals surface area contributed by atoms with E-state index in [0.29, 0.717) is 26.8 Å². The first-order valence-electron chi connectivity index (χ1n) is 11.1. The van der Waals surface area contributed by atoms with Crippen molar-refractivity contribution in [2.75, 3.05) is 10.6 Å². The Kier molecular flexibility index (Phi) is 6.36. The van der Waals surface area contributed by atoms with Crippen LogP contribution in [0, 0.1) is 6.92 Å². The quantitative estimate of drug-likeness (QED) is 0.258. The van der Waals surface area contributed by atoms with E-state index in [1.54, 1.807) is 24.3 Å². The number of rotatable bonds is 5. The average Bonchev–Trinajstić information content (AvgIpc) is 3.20. The lowest BCUT2D eigenvalue weighted by Gasteiger charge is -2.11. The molecular weight excluding hydrogens is 476 g/mol. The minimum Gasteiger partial charge on any atom is -0.321 e. The fourth-order valence-corrected chi connectivity index (χ4v) is 5.50. The summed E-state index contributed by atoms with van der Waals surface area (Å²) in [4.78, 5) is 27.6. The third kappa shape index (κ3) is 4.56. The molecule has 2 N–H and O–H groups in total. The number of hydrogen-bond acceptors (Lipinski definition) is 3. The lowest BCUT2D eigenvalue weighted by atomic mass is 10.1. The average molecular weight is 497 g/mol. The van der Waals surface area contributed by atoms with Crippen LogP contribution >= 0.6 is 22.9 Å². The van der Waals surface area contributed by atoms with Gasteiger partial charge in [0, 0.05) is 16.0 Å². The van der Waals surface area contributed by atoms with Gasteiger partial charge in [0.2, 0.25) is 0 Å². The van der Waals surface area contributed by atoms with Crippen molar-refractivity contribution < 1.29 is 9.59 Å². The molecule has 6 heteroatoms. The van der Waals surface area contributed by atoms with Crippen molar-refractivity contribution in [3.8, 4) is 10.4 Å². The van der Waals surface area contributed by atoms with Crippen molar-refractivity contribution in [3.05, 3.63) is 119 Å². The van der Waals surface area contributed by atoms with Crippen LogP contribution in [0.5, 0.6) is 0 Å². The summed E-state index contributed by atoms with van der Waals surface area (Å²) < 4.78 is 0. The van der Waals surface area contributed by atoms with E-state index in [9.17, 15) is 9.59 Å². The van der Waals surface area contributed by atoms with E-state index in [2.05, 4.69) is 10.6 Å². The topological polar surface area (TPSA) is 58.2 Å². The van der Waals surface area contributed by atoms with E-state index in [4.69, 9.17) is 11.6 Å². The first-order chi connectivity index (χ1) is 17.0. The number of carbonyl (C=O) groups is 2. The van der Waals surface area contributed by atoms with E-state index < -0.39 is 0 Å². The second-order valence-corrected chi connectivity index (χ2v) is 9.47. The number of hydrogen-bond donors (Lipinski definition) is 2. The predicted octanol–water partition coefficient (Wildman–Crippen LogP) is 8.03. The number of nitrogens with one attached hydrogen (secondary N) is 2. The summed E-state index contributed by atoms with van der Waals surface area (Å²) in [5, 5.41) is 8.80. The van der Waals surface area contributed by atoms with Gasteiger partial charge in [0.05, 0.1) is 16.1 Å². The molecule has 0 atom stereocenters. The fourth-order valence-electron chi connectivity index (χ4n) is 4.07. The number of anilines is 2. The molecule has 0 aliphatic carbocycles. The number of halogens is 1. The molecule has 0 aliphatic heterocycles. The lowest BCUT2D eigenvalue weighted by molar-refractivity contribution is 0.102. The molecular formula is C29H21ClN2O2S. The molecule has 5 rings (SSSR count). The Bertz CT molecular complexity index is 1550. The van der Waals surface area contributed by atoms with Crippen LogP contribution in [0.1, 0.15) is 26.3 Å². The molecule has 0 unspecified atom stereocenters. The van der Waals surface area contributed by atoms with Gasteiger partial charge in [-0.15, -0.1) is 11.3 Å². The van der Waals surface area contributed by atoms with Crippen LogP contribution in [0.15, 0.2) is 97.1 Å². The Balaban J connectivity index is 1.57. The summed E-state index contributed by atoms with van der Waals surface area (Å²) in [6, 6.07) is 30.3. The zero-order chi connectivity index (χ0) is 24.4. The van der Waals surface area contributed by atoms with Crippen LogP contribution in [-0.4, -0.2) is 11.8 Å². The van der Waals surface area contributed by atoms with Crippen LogP contribution < -0.4 is 10.6 Å². The summed E-state index contributed by atoms with van der Waals surface area (Å²) in [5.41, 5.74) is 3.27. The van der Waals surface area contributed by atoms with Gasteiger partial charge in [0.1, 0.15) is 5.00 Å². The van der Waals surface area contributed by atoms with Gasteiger partial charge in [0.25, 0.3) is 11.8 Å². The normalized spacial score (nSPS) is 10.8. The Morgan fingerprint density at radius 2 is 1.43 bits per heavy atom. The van der Waals surface area contributed by atoms with Gasteiger partial charge in [-0.3, -0.25) is 9.59 Å². The molecule has 4 nitrogen and oxygen atoms in total. The maximum absolute atomic E-state index is 13.6. The van der Waals surface area contributed by atoms with Crippen molar-refractivity contribution in [2.24, 2.45) is 0 Å². The molecule has 172 valence electrons. The van der Waals surface area contributed by atoms with Crippen molar-refractivity contribution in [1.29, 1.82) is 0 Å². The van der Waals surface area contributed by atoms with E-state index in [-0.39, 0.29) is 11.8 Å². The number of benzene rings is 4. The number of carbonyl (C=O) groups excluding carboxylic acids is 2. The maximum Gasteiger partial charge on any atom is 0.258 e. The SMILES string of the molecule is Cc1c(-c2ccccc2)sc(NC(=O)c2ccccc2Cl)c1C(=O)Nc1cccc2ccccc12. The number of fused-ring (bicyclic) bond motifs is 1. The molecule has 0 fully saturated rings. The Labute approximate surface area is 212 Å². The fraction of sp³-hybridized carbons (Fsp3) is 0.0345. The lowest BCUT2D eigenvalue weighted by Crippen LogP contribution is -2.18. The summed E-state index contributed by atoms with van der Waals surface area (Å²) >= 11 is 7.62. The molecule has 0 saturated carbocycles. The highest BCUT2D eigenvalue weighted by atomic mass is 35.5. The smallest absolute Gasteiger partial charge is 0.258 e. The molecule has 1 heterocycles. The monoisotopic (exact) mass is 496 g/mol. The van der Waals surface area contributed by atoms with Crippen molar-refractivity contribution in [2.45, 2.75) is 6.92 Å². The molecule has 35 heavy (non-hydrogen) atoms. The maximum atomic E-state index is 13.6. The summed E-state index contributed by atoms with van der Waals surface area (Å²) in [5.74, 6) is -0.651. The molecule has 4 aromatic carbocycles. The highest BCUT2D eigenvalue weighted by Gasteiger charge is 2.24. The summed E-state index contributed by atoms with van der Waals surface area (Å²) in [6.07, 6.45) is 0. The van der Waals surface area contributed by atoms with Gasteiger partial charge in [-0.1, -0.05) is 90.5 Å². The predicted molar refractivity (Wildman–Crippen MR) is 146 cm³/mol. The van der Waals surface area contributed by atoms with Gasteiger partial charge < -0.3 is 10.6 Å². The van der Waals surface area contributed by atoms with E-state index in [1.807, 2.05) is 79.7 Å². The van der Waals surface area contributed by atoms with Crippen LogP contribution in [0.25, 0.3) is 21.2 Å². The molecule has 0 aliphatic rings. The van der Waals surface area contributed by atoms with Crippen molar-refractivity contribution in [1.82, 2.24) is 0 Å². The first kappa shape index (κ1) is 22.8. The third-order valence-electron chi connectivity index (χ3n) is 5.79. The Hall–Kier alpha value is -3.93. The Morgan fingerprint density at radius 1 is 0.743 bits per heavy atom. The van der Waals surface area contributed by atoms with Gasteiger partial charge in [-0.05, 0) is 41.6 Å². The van der Waals surface area contributed by atoms with Gasteiger partial charge in [-0.25, -0.2) is 0 Å². The van der Waals surface area contributed by atoms with Crippen LogP contribution in [0.3, 0.4) is 0 Å². The van der Waals surface area contributed by atoms with Gasteiger partial charge >= 0.3 is 0 Å². The van der Waals surface area contributed by atoms with Crippen LogP contribution in [0.4, 0.5) is 10.7 Å². The second-order valence-electron chi connectivity index (χ2n) is 8.04. The molecule has 0 spiro atoms. The summed E-state index contributed by atoms with van der Waals surface area (Å²) in [7, 11) is 0. The van der Waals surface area contributed by atoms with Gasteiger partial charge in [-0.2, -0.15) is 0 Å². The van der Waals surface area contributed by atoms with E-state index in [1.165, 1.54) is 11.3 Å². The van der Waals surface area contributed by atoms with Crippen molar-refractivity contribution >= 4 is 56.2 Å². The molecule has 0 radical (unpaired) electrons. The molecule has 1 aromatic heterocycles. The van der Waals surface area contributed by atoms with E-state index in [0.717, 1.165) is 26.8 Å². The number of thiophene rings is 1.